The fraction of sp³-hybridized carbons (Fsp3) is 0.423. The van der Waals surface area contributed by atoms with Gasteiger partial charge in [0, 0.05) is 69.2 Å². The van der Waals surface area contributed by atoms with Gasteiger partial charge in [-0.05, 0) is 103 Å². The fourth-order valence-electron chi connectivity index (χ4n) is 10.2. The smallest absolute Gasteiger partial charge is 0.243 e. The lowest BCUT2D eigenvalue weighted by atomic mass is 9.89. The number of carbonyl (C=O) groups is 2. The van der Waals surface area contributed by atoms with Crippen LogP contribution in [0.25, 0.3) is 0 Å². The molecule has 4 fully saturated rings. The van der Waals surface area contributed by atoms with E-state index in [-0.39, 0.29) is 73.4 Å². The van der Waals surface area contributed by atoms with Crippen molar-refractivity contribution in [2.24, 2.45) is 5.92 Å². The first-order valence-electron chi connectivity index (χ1n) is 24.7. The van der Waals surface area contributed by atoms with E-state index in [0.717, 1.165) is 40.3 Å². The average molecular weight is 1080 g/mol. The maximum atomic E-state index is 14.8. The summed E-state index contributed by atoms with van der Waals surface area (Å²) in [5.41, 5.74) is 3.95. The molecule has 4 aliphatic rings. The molecule has 5 atom stereocenters. The van der Waals surface area contributed by atoms with Crippen LogP contribution in [0.3, 0.4) is 0 Å². The number of likely N-dealkylation sites (tertiary alicyclic amines) is 1. The lowest BCUT2D eigenvalue weighted by molar-refractivity contribution is -0.140. The van der Waals surface area contributed by atoms with Crippen LogP contribution < -0.4 is 9.44 Å². The van der Waals surface area contributed by atoms with Gasteiger partial charge < -0.3 is 14.5 Å². The summed E-state index contributed by atoms with van der Waals surface area (Å²) in [6, 6.07) is 29.7. The van der Waals surface area contributed by atoms with E-state index in [0.29, 0.717) is 62.9 Å². The van der Waals surface area contributed by atoms with Gasteiger partial charge in [0.2, 0.25) is 51.9 Å². The molecule has 0 spiro atoms. The maximum absolute atomic E-state index is 14.8. The van der Waals surface area contributed by atoms with Crippen molar-refractivity contribution in [2.75, 3.05) is 65.5 Å². The number of ether oxygens (including phenoxy) is 1. The zero-order valence-corrected chi connectivity index (χ0v) is 44.0. The SMILES string of the molecule is C=CS(=O)(=O)NC[C@H]1CCN(S(=O)(=O)c2ccc([C@@H](Cc3ccccc3)C(=O)N3CCOC(c4cccc(CC(C(=O)N5CCCC5)c5ccc(S(=O)(=O)N6CCC[C@@H]6CNS(=O)(=O)C=C)cc5)c4)C3)cc2)C1. The van der Waals surface area contributed by atoms with E-state index in [2.05, 4.69) is 22.6 Å². The standard InChI is InChI=1S/C52H64N6O11S4/c1-3-70(61,62)53-35-41-25-29-57(37-41)72(65,66)46-21-17-42(18-22-46)48(33-39-12-6-5-7-13-39)52(60)56-30-31-69-50(38-56)44-15-10-14-40(32-44)34-49(51(59)55-26-8-9-27-55)43-19-23-47(24-20-43)73(67,68)58-28-11-16-45(58)36-54-71(63,64)4-2/h3-7,10,12-15,17-24,32,41,45,48-50,53-54H,1-2,8-9,11,16,25-31,33-38H2/t41-,45-,48-,49?,50?/m1/s1. The van der Waals surface area contributed by atoms with E-state index >= 15 is 0 Å². The molecular formula is C52H64N6O11S4. The van der Waals surface area contributed by atoms with Crippen molar-refractivity contribution in [1.29, 1.82) is 0 Å². The molecule has 73 heavy (non-hydrogen) atoms. The summed E-state index contributed by atoms with van der Waals surface area (Å²) in [5.74, 6) is -1.65. The molecule has 4 aliphatic heterocycles. The number of nitrogens with one attached hydrogen (secondary N) is 2. The monoisotopic (exact) mass is 1080 g/mol. The molecule has 0 aromatic heterocycles. The maximum Gasteiger partial charge on any atom is 0.243 e. The molecule has 0 bridgehead atoms. The number of hydrogen-bond acceptors (Lipinski definition) is 11. The van der Waals surface area contributed by atoms with Crippen LogP contribution in [0.4, 0.5) is 0 Å². The second kappa shape index (κ2) is 23.2. The van der Waals surface area contributed by atoms with Gasteiger partial charge in [0.1, 0.15) is 6.10 Å². The highest BCUT2D eigenvalue weighted by Crippen LogP contribution is 2.34. The minimum absolute atomic E-state index is 0.0509. The first-order chi connectivity index (χ1) is 34.9. The highest BCUT2D eigenvalue weighted by atomic mass is 32.2. The van der Waals surface area contributed by atoms with Gasteiger partial charge in [0.15, 0.2) is 0 Å². The molecule has 4 saturated heterocycles. The van der Waals surface area contributed by atoms with Crippen molar-refractivity contribution in [3.63, 3.8) is 0 Å². The topological polar surface area (TPSA) is 217 Å². The van der Waals surface area contributed by atoms with Crippen molar-refractivity contribution in [3.8, 4) is 0 Å². The second-order valence-corrected chi connectivity index (χ2v) is 26.4. The minimum atomic E-state index is -3.99. The summed E-state index contributed by atoms with van der Waals surface area (Å²) in [6.45, 7) is 9.43. The van der Waals surface area contributed by atoms with E-state index in [1.54, 1.807) is 29.2 Å². The van der Waals surface area contributed by atoms with Gasteiger partial charge in [-0.1, -0.05) is 92.0 Å². The van der Waals surface area contributed by atoms with Crippen molar-refractivity contribution >= 4 is 51.9 Å². The van der Waals surface area contributed by atoms with Crippen molar-refractivity contribution in [1.82, 2.24) is 27.9 Å². The number of morpholine rings is 1. The van der Waals surface area contributed by atoms with Gasteiger partial charge in [0.25, 0.3) is 0 Å². The molecule has 2 amide bonds. The van der Waals surface area contributed by atoms with Crippen molar-refractivity contribution in [3.05, 3.63) is 155 Å². The molecule has 4 aromatic carbocycles. The van der Waals surface area contributed by atoms with Gasteiger partial charge in [0.05, 0.1) is 34.8 Å². The highest BCUT2D eigenvalue weighted by Gasteiger charge is 2.38. The minimum Gasteiger partial charge on any atom is -0.370 e. The summed E-state index contributed by atoms with van der Waals surface area (Å²) >= 11 is 0. The van der Waals surface area contributed by atoms with E-state index in [1.807, 2.05) is 59.5 Å². The van der Waals surface area contributed by atoms with Gasteiger partial charge >= 0.3 is 0 Å². The Labute approximate surface area is 430 Å². The molecule has 392 valence electrons. The van der Waals surface area contributed by atoms with Gasteiger partial charge in [-0.25, -0.2) is 43.1 Å². The summed E-state index contributed by atoms with van der Waals surface area (Å²) in [5, 5.41) is 1.62. The van der Waals surface area contributed by atoms with Crippen LogP contribution in [-0.2, 0) is 67.3 Å². The number of nitrogens with zero attached hydrogens (tertiary/aromatic N) is 4. The van der Waals surface area contributed by atoms with E-state index in [9.17, 15) is 43.3 Å². The number of benzene rings is 4. The third kappa shape index (κ3) is 13.1. The Kier molecular flexibility index (Phi) is 17.2. The zero-order valence-electron chi connectivity index (χ0n) is 40.7. The quantitative estimate of drug-likeness (QED) is 0.115. The van der Waals surface area contributed by atoms with Gasteiger partial charge in [-0.15, -0.1) is 0 Å². The molecule has 4 heterocycles. The fourth-order valence-corrected chi connectivity index (χ4v) is 14.6. The molecule has 17 nitrogen and oxygen atoms in total. The molecule has 2 N–H and O–H groups in total. The van der Waals surface area contributed by atoms with Crippen molar-refractivity contribution < 1.29 is 48.0 Å². The summed E-state index contributed by atoms with van der Waals surface area (Å²) in [6.07, 6.45) is 3.57. The molecule has 0 radical (unpaired) electrons. The average Bonchev–Trinajstić information content (AvgIpc) is 4.23. The number of amides is 2. The molecule has 4 aromatic rings. The highest BCUT2D eigenvalue weighted by molar-refractivity contribution is 7.92. The largest absolute Gasteiger partial charge is 0.370 e. The third-order valence-corrected chi connectivity index (χ3v) is 20.2. The number of carbonyl (C=O) groups excluding carboxylic acids is 2. The lowest BCUT2D eigenvalue weighted by Gasteiger charge is -2.35. The molecular weight excluding hydrogens is 1010 g/mol. The normalized spacial score (nSPS) is 21.2. The number of hydrogen-bond donors (Lipinski definition) is 2. The number of rotatable bonds is 21. The van der Waals surface area contributed by atoms with E-state index in [4.69, 9.17) is 4.74 Å². The zero-order chi connectivity index (χ0) is 52.0. The van der Waals surface area contributed by atoms with Crippen LogP contribution >= 0.6 is 0 Å². The Hall–Kier alpha value is -5.10. The van der Waals surface area contributed by atoms with Crippen LogP contribution in [0.2, 0.25) is 0 Å². The summed E-state index contributed by atoms with van der Waals surface area (Å²) in [7, 11) is -15.3. The van der Waals surface area contributed by atoms with E-state index in [1.165, 1.54) is 32.9 Å². The predicted octanol–water partition coefficient (Wildman–Crippen LogP) is 4.85. The molecule has 8 rings (SSSR count). The van der Waals surface area contributed by atoms with Crippen LogP contribution in [0, 0.1) is 5.92 Å². The third-order valence-electron chi connectivity index (χ3n) is 14.4. The first kappa shape index (κ1) is 54.2. The van der Waals surface area contributed by atoms with Gasteiger partial charge in [-0.3, -0.25) is 9.59 Å². The van der Waals surface area contributed by atoms with Crippen LogP contribution in [0.15, 0.2) is 137 Å². The molecule has 0 aliphatic carbocycles. The lowest BCUT2D eigenvalue weighted by Crippen LogP contribution is -2.44. The molecule has 2 unspecified atom stereocenters. The summed E-state index contributed by atoms with van der Waals surface area (Å²) in [4.78, 5) is 32.8. The molecule has 21 heteroatoms. The van der Waals surface area contributed by atoms with Gasteiger partial charge in [-0.2, -0.15) is 8.61 Å². The van der Waals surface area contributed by atoms with E-state index < -0.39 is 64.1 Å². The second-order valence-electron chi connectivity index (χ2n) is 19.1. The Morgan fingerprint density at radius 2 is 1.18 bits per heavy atom. The van der Waals surface area contributed by atoms with Crippen LogP contribution in [0.1, 0.15) is 77.9 Å². The molecule has 0 saturated carbocycles. The Bertz CT molecular complexity index is 3080. The van der Waals surface area contributed by atoms with Crippen LogP contribution in [-0.4, -0.2) is 135 Å². The first-order valence-corrected chi connectivity index (χ1v) is 30.6. The van der Waals surface area contributed by atoms with Crippen molar-refractivity contribution in [2.45, 2.75) is 78.7 Å². The Balaban J connectivity index is 0.976. The summed E-state index contributed by atoms with van der Waals surface area (Å²) < 4.78 is 117. The number of sulfonamides is 4. The predicted molar refractivity (Wildman–Crippen MR) is 278 cm³/mol. The van der Waals surface area contributed by atoms with Crippen LogP contribution in [0.5, 0.6) is 0 Å². The Morgan fingerprint density at radius 3 is 1.81 bits per heavy atom. The Morgan fingerprint density at radius 1 is 0.603 bits per heavy atom.